The number of thioether (sulfide) groups is 1. The van der Waals surface area contributed by atoms with Crippen molar-refractivity contribution in [3.8, 4) is 0 Å². The van der Waals surface area contributed by atoms with Crippen LogP contribution >= 0.6 is 11.8 Å². The highest BCUT2D eigenvalue weighted by Gasteiger charge is 2.26. The zero-order valence-corrected chi connectivity index (χ0v) is 11.7. The number of hydrogen-bond donors (Lipinski definition) is 1. The van der Waals surface area contributed by atoms with Crippen molar-refractivity contribution in [3.05, 3.63) is 0 Å². The van der Waals surface area contributed by atoms with Crippen molar-refractivity contribution in [3.63, 3.8) is 0 Å². The largest absolute Gasteiger partial charge is 0.383 e. The fraction of sp³-hybridized carbons (Fsp3) is 0.917. The van der Waals surface area contributed by atoms with Crippen LogP contribution in [-0.2, 0) is 9.53 Å². The van der Waals surface area contributed by atoms with E-state index in [2.05, 4.69) is 12.2 Å². The third-order valence-electron chi connectivity index (χ3n) is 2.97. The number of nitrogens with zero attached hydrogens (tertiary/aromatic N) is 1. The lowest BCUT2D eigenvalue weighted by Gasteiger charge is -2.28. The Kier molecular flexibility index (Phi) is 7.64. The Morgan fingerprint density at radius 3 is 3.00 bits per heavy atom. The van der Waals surface area contributed by atoms with E-state index in [0.29, 0.717) is 19.1 Å². The van der Waals surface area contributed by atoms with Crippen LogP contribution in [0.1, 0.15) is 19.8 Å². The number of rotatable bonds is 8. The number of amides is 1. The first-order valence-electron chi connectivity index (χ1n) is 6.36. The molecule has 4 nitrogen and oxygen atoms in total. The smallest absolute Gasteiger partial charge is 0.224 e. The molecule has 1 aliphatic rings. The average Bonchev–Trinajstić information content (AvgIpc) is 2.83. The maximum Gasteiger partial charge on any atom is 0.224 e. The second-order valence-corrected chi connectivity index (χ2v) is 5.35. The molecule has 1 heterocycles. The molecule has 0 aromatic rings. The Balaban J connectivity index is 2.39. The fourth-order valence-electron chi connectivity index (χ4n) is 1.98. The van der Waals surface area contributed by atoms with E-state index in [9.17, 15) is 4.79 Å². The summed E-state index contributed by atoms with van der Waals surface area (Å²) in [5.74, 6) is 2.51. The summed E-state index contributed by atoms with van der Waals surface area (Å²) < 4.78 is 5.09. The number of carbonyl (C=O) groups excluding carboxylic acids is 1. The number of methoxy groups -OCH3 is 1. The van der Waals surface area contributed by atoms with Crippen LogP contribution in [0.15, 0.2) is 0 Å². The van der Waals surface area contributed by atoms with Crippen molar-refractivity contribution >= 4 is 17.7 Å². The Morgan fingerprint density at radius 1 is 1.59 bits per heavy atom. The van der Waals surface area contributed by atoms with Crippen LogP contribution in [0.4, 0.5) is 0 Å². The van der Waals surface area contributed by atoms with Crippen LogP contribution in [-0.4, -0.2) is 61.7 Å². The standard InChI is InChI=1S/C12H24N2O2S/c1-3-13-6-4-12(15)14(7-8-16-2)11-5-9-17-10-11/h11,13H,3-10H2,1-2H3. The van der Waals surface area contributed by atoms with Gasteiger partial charge >= 0.3 is 0 Å². The van der Waals surface area contributed by atoms with E-state index in [-0.39, 0.29) is 5.91 Å². The predicted octanol–water partition coefficient (Wildman–Crippen LogP) is 0.967. The number of ether oxygens (including phenoxy) is 1. The normalized spacial score (nSPS) is 19.5. The van der Waals surface area contributed by atoms with Gasteiger partial charge in [0.25, 0.3) is 0 Å². The molecule has 1 unspecified atom stereocenters. The van der Waals surface area contributed by atoms with Gasteiger partial charge in [-0.3, -0.25) is 4.79 Å². The van der Waals surface area contributed by atoms with Gasteiger partial charge in [-0.15, -0.1) is 0 Å². The third-order valence-corrected chi connectivity index (χ3v) is 4.11. The van der Waals surface area contributed by atoms with Crippen LogP contribution < -0.4 is 5.32 Å². The van der Waals surface area contributed by atoms with Gasteiger partial charge in [-0.05, 0) is 18.7 Å². The second-order valence-electron chi connectivity index (χ2n) is 4.20. The van der Waals surface area contributed by atoms with E-state index in [1.165, 1.54) is 5.75 Å². The lowest BCUT2D eigenvalue weighted by Crippen LogP contribution is -2.43. The minimum absolute atomic E-state index is 0.260. The molecule has 100 valence electrons. The summed E-state index contributed by atoms with van der Waals surface area (Å²) in [5.41, 5.74) is 0. The van der Waals surface area contributed by atoms with Gasteiger partial charge in [-0.2, -0.15) is 11.8 Å². The van der Waals surface area contributed by atoms with Crippen LogP contribution in [0.25, 0.3) is 0 Å². The molecule has 0 aliphatic carbocycles. The fourth-order valence-corrected chi connectivity index (χ4v) is 3.21. The molecule has 0 saturated carbocycles. The van der Waals surface area contributed by atoms with Crippen LogP contribution in [0.3, 0.4) is 0 Å². The Morgan fingerprint density at radius 2 is 2.41 bits per heavy atom. The van der Waals surface area contributed by atoms with Gasteiger partial charge in [-0.25, -0.2) is 0 Å². The Labute approximate surface area is 108 Å². The molecule has 0 aromatic carbocycles. The highest BCUT2D eigenvalue weighted by Crippen LogP contribution is 2.22. The molecule has 1 aliphatic heterocycles. The second kappa shape index (κ2) is 8.78. The van der Waals surface area contributed by atoms with Gasteiger partial charge in [0.1, 0.15) is 0 Å². The lowest BCUT2D eigenvalue weighted by atomic mass is 10.2. The van der Waals surface area contributed by atoms with Crippen molar-refractivity contribution in [1.82, 2.24) is 10.2 Å². The molecule has 0 radical (unpaired) electrons. The summed E-state index contributed by atoms with van der Waals surface area (Å²) in [6.45, 7) is 5.12. The van der Waals surface area contributed by atoms with Gasteiger partial charge in [0.05, 0.1) is 6.61 Å². The lowest BCUT2D eigenvalue weighted by molar-refractivity contribution is -0.133. The van der Waals surface area contributed by atoms with E-state index in [1.807, 2.05) is 16.7 Å². The molecule has 0 spiro atoms. The quantitative estimate of drug-likeness (QED) is 0.660. The van der Waals surface area contributed by atoms with Crippen molar-refractivity contribution < 1.29 is 9.53 Å². The van der Waals surface area contributed by atoms with Crippen molar-refractivity contribution in [1.29, 1.82) is 0 Å². The molecule has 17 heavy (non-hydrogen) atoms. The first kappa shape index (κ1) is 14.8. The van der Waals surface area contributed by atoms with Crippen molar-refractivity contribution in [2.45, 2.75) is 25.8 Å². The minimum Gasteiger partial charge on any atom is -0.383 e. The van der Waals surface area contributed by atoms with Gasteiger partial charge in [-0.1, -0.05) is 6.92 Å². The van der Waals surface area contributed by atoms with Crippen LogP contribution in [0, 0.1) is 0 Å². The summed E-state index contributed by atoms with van der Waals surface area (Å²) >= 11 is 1.94. The highest BCUT2D eigenvalue weighted by atomic mass is 32.2. The summed E-state index contributed by atoms with van der Waals surface area (Å²) in [6.07, 6.45) is 1.72. The summed E-state index contributed by atoms with van der Waals surface area (Å²) in [6, 6.07) is 0.421. The number of carbonyl (C=O) groups is 1. The molecule has 0 aromatic heterocycles. The zero-order valence-electron chi connectivity index (χ0n) is 10.9. The average molecular weight is 260 g/mol. The molecular weight excluding hydrogens is 236 g/mol. The van der Waals surface area contributed by atoms with Crippen molar-refractivity contribution in [2.24, 2.45) is 0 Å². The monoisotopic (exact) mass is 260 g/mol. The van der Waals surface area contributed by atoms with Gasteiger partial charge in [0, 0.05) is 38.4 Å². The van der Waals surface area contributed by atoms with E-state index in [4.69, 9.17) is 4.74 Å². The molecule has 1 saturated heterocycles. The molecule has 1 rings (SSSR count). The minimum atomic E-state index is 0.260. The summed E-state index contributed by atoms with van der Waals surface area (Å²) in [5, 5.41) is 3.20. The molecule has 0 bridgehead atoms. The first-order chi connectivity index (χ1) is 8.29. The van der Waals surface area contributed by atoms with Gasteiger partial charge in [0.15, 0.2) is 0 Å². The van der Waals surface area contributed by atoms with E-state index < -0.39 is 0 Å². The van der Waals surface area contributed by atoms with E-state index in [0.717, 1.165) is 31.8 Å². The summed E-state index contributed by atoms with van der Waals surface area (Å²) in [4.78, 5) is 14.1. The first-order valence-corrected chi connectivity index (χ1v) is 7.52. The molecule has 1 N–H and O–H groups in total. The molecule has 1 fully saturated rings. The SMILES string of the molecule is CCNCCC(=O)N(CCOC)C1CCSC1. The molecule has 5 heteroatoms. The Bertz CT molecular complexity index is 221. The molecule has 1 atom stereocenters. The number of nitrogens with one attached hydrogen (secondary N) is 1. The van der Waals surface area contributed by atoms with Crippen LogP contribution in [0.2, 0.25) is 0 Å². The number of hydrogen-bond acceptors (Lipinski definition) is 4. The maximum atomic E-state index is 12.1. The van der Waals surface area contributed by atoms with Gasteiger partial charge in [0.2, 0.25) is 5.91 Å². The maximum absolute atomic E-state index is 12.1. The molecular formula is C12H24N2O2S. The highest BCUT2D eigenvalue weighted by molar-refractivity contribution is 7.99. The predicted molar refractivity (Wildman–Crippen MR) is 72.5 cm³/mol. The van der Waals surface area contributed by atoms with E-state index >= 15 is 0 Å². The van der Waals surface area contributed by atoms with Crippen LogP contribution in [0.5, 0.6) is 0 Å². The summed E-state index contributed by atoms with van der Waals surface area (Å²) in [7, 11) is 1.69. The molecule has 1 amide bonds. The van der Waals surface area contributed by atoms with Crippen molar-refractivity contribution in [2.75, 3.05) is 44.9 Å². The third kappa shape index (κ3) is 5.27. The van der Waals surface area contributed by atoms with Gasteiger partial charge < -0.3 is 15.0 Å². The Hall–Kier alpha value is -0.260. The van der Waals surface area contributed by atoms with E-state index in [1.54, 1.807) is 7.11 Å². The zero-order chi connectivity index (χ0) is 12.5. The topological polar surface area (TPSA) is 41.6 Å².